The van der Waals surface area contributed by atoms with Gasteiger partial charge in [-0.05, 0) is 66.6 Å². The van der Waals surface area contributed by atoms with Gasteiger partial charge in [-0.15, -0.1) is 0 Å². The van der Waals surface area contributed by atoms with Crippen LogP contribution in [0.4, 0.5) is 0 Å². The summed E-state index contributed by atoms with van der Waals surface area (Å²) in [6.45, 7) is 4.88. The maximum absolute atomic E-state index is 9.17. The number of hydrogen-bond acceptors (Lipinski definition) is 2. The van der Waals surface area contributed by atoms with Crippen molar-refractivity contribution < 1.29 is 9.84 Å². The molecule has 2 aromatic carbocycles. The Bertz CT molecular complexity index is 584. The first-order chi connectivity index (χ1) is 10.0. The summed E-state index contributed by atoms with van der Waals surface area (Å²) in [4.78, 5) is 0. The molecule has 0 aliphatic rings. The molecule has 0 bridgehead atoms. The molecule has 0 saturated heterocycles. The van der Waals surface area contributed by atoms with E-state index >= 15 is 0 Å². The average molecular weight is 414 g/mol. The van der Waals surface area contributed by atoms with Crippen molar-refractivity contribution in [3.8, 4) is 5.75 Å². The molecule has 0 aliphatic heterocycles. The van der Waals surface area contributed by atoms with Gasteiger partial charge in [-0.25, -0.2) is 0 Å². The molecule has 0 unspecified atom stereocenters. The van der Waals surface area contributed by atoms with Gasteiger partial charge < -0.3 is 9.84 Å². The molecular formula is C17H18Br2O2. The van der Waals surface area contributed by atoms with Crippen LogP contribution in [-0.2, 0) is 13.2 Å². The van der Waals surface area contributed by atoms with Gasteiger partial charge >= 0.3 is 0 Å². The molecule has 1 N–H and O–H groups in total. The summed E-state index contributed by atoms with van der Waals surface area (Å²) in [6.07, 6.45) is 0. The lowest BCUT2D eigenvalue weighted by Crippen LogP contribution is -1.98. The Hall–Kier alpha value is -0.840. The smallest absolute Gasteiger partial charge is 0.148 e. The second-order valence-corrected chi connectivity index (χ2v) is 6.94. The van der Waals surface area contributed by atoms with E-state index in [4.69, 9.17) is 4.74 Å². The first-order valence-corrected chi connectivity index (χ1v) is 8.40. The van der Waals surface area contributed by atoms with E-state index in [2.05, 4.69) is 70.0 Å². The number of benzene rings is 2. The highest BCUT2D eigenvalue weighted by molar-refractivity contribution is 9.11. The largest absolute Gasteiger partial charge is 0.487 e. The highest BCUT2D eigenvalue weighted by Gasteiger charge is 2.09. The molecule has 0 radical (unpaired) electrons. The number of rotatable bonds is 5. The molecule has 2 rings (SSSR count). The van der Waals surface area contributed by atoms with Crippen LogP contribution in [0.15, 0.2) is 45.3 Å². The summed E-state index contributed by atoms with van der Waals surface area (Å²) in [5.41, 5.74) is 3.29. The molecule has 0 aliphatic carbocycles. The van der Waals surface area contributed by atoms with Crippen LogP contribution in [0.1, 0.15) is 36.5 Å². The van der Waals surface area contributed by atoms with Crippen LogP contribution in [0.5, 0.6) is 5.75 Å². The Morgan fingerprint density at radius 2 is 1.57 bits per heavy atom. The van der Waals surface area contributed by atoms with Gasteiger partial charge in [-0.2, -0.15) is 0 Å². The monoisotopic (exact) mass is 412 g/mol. The van der Waals surface area contributed by atoms with E-state index in [0.717, 1.165) is 25.8 Å². The topological polar surface area (TPSA) is 29.5 Å². The fraction of sp³-hybridized carbons (Fsp3) is 0.294. The van der Waals surface area contributed by atoms with Gasteiger partial charge in [0.1, 0.15) is 12.4 Å². The van der Waals surface area contributed by atoms with Crippen molar-refractivity contribution >= 4 is 31.9 Å². The molecule has 4 heteroatoms. The lowest BCUT2D eigenvalue weighted by atomic mass is 10.0. The van der Waals surface area contributed by atoms with Crippen LogP contribution < -0.4 is 4.74 Å². The summed E-state index contributed by atoms with van der Waals surface area (Å²) in [7, 11) is 0. The predicted molar refractivity (Wildman–Crippen MR) is 92.6 cm³/mol. The zero-order valence-electron chi connectivity index (χ0n) is 12.1. The maximum Gasteiger partial charge on any atom is 0.148 e. The van der Waals surface area contributed by atoms with Crippen LogP contribution in [0, 0.1) is 0 Å². The molecule has 2 nitrogen and oxygen atoms in total. The quantitative estimate of drug-likeness (QED) is 0.710. The summed E-state index contributed by atoms with van der Waals surface area (Å²) >= 11 is 6.95. The first kappa shape index (κ1) is 16.5. The van der Waals surface area contributed by atoms with Gasteiger partial charge in [0.25, 0.3) is 0 Å². The molecule has 0 heterocycles. The molecule has 0 aromatic heterocycles. The SMILES string of the molecule is CC(C)c1ccc(COc2c(Br)cc(CO)cc2Br)cc1. The highest BCUT2D eigenvalue weighted by Crippen LogP contribution is 2.35. The number of aliphatic hydroxyl groups is 1. The van der Waals surface area contributed by atoms with Crippen molar-refractivity contribution in [2.24, 2.45) is 0 Å². The van der Waals surface area contributed by atoms with Crippen LogP contribution >= 0.6 is 31.9 Å². The highest BCUT2D eigenvalue weighted by atomic mass is 79.9. The van der Waals surface area contributed by atoms with Crippen molar-refractivity contribution in [3.05, 3.63) is 62.0 Å². The van der Waals surface area contributed by atoms with Crippen molar-refractivity contribution in [1.82, 2.24) is 0 Å². The van der Waals surface area contributed by atoms with Crippen molar-refractivity contribution in [2.45, 2.75) is 33.0 Å². The Balaban J connectivity index is 2.09. The fourth-order valence-electron chi connectivity index (χ4n) is 2.00. The maximum atomic E-state index is 9.17. The van der Waals surface area contributed by atoms with Gasteiger partial charge in [0, 0.05) is 0 Å². The number of hydrogen-bond donors (Lipinski definition) is 1. The van der Waals surface area contributed by atoms with Crippen LogP contribution in [-0.4, -0.2) is 5.11 Å². The summed E-state index contributed by atoms with van der Waals surface area (Å²) < 4.78 is 7.54. The Morgan fingerprint density at radius 1 is 1.00 bits per heavy atom. The summed E-state index contributed by atoms with van der Waals surface area (Å²) in [6, 6.07) is 12.2. The lowest BCUT2D eigenvalue weighted by molar-refractivity contribution is 0.280. The third kappa shape index (κ3) is 4.31. The normalized spacial score (nSPS) is 11.0. The lowest BCUT2D eigenvalue weighted by Gasteiger charge is -2.12. The number of aliphatic hydroxyl groups excluding tert-OH is 1. The van der Waals surface area contributed by atoms with Crippen LogP contribution in [0.25, 0.3) is 0 Å². The molecule has 21 heavy (non-hydrogen) atoms. The second-order valence-electron chi connectivity index (χ2n) is 5.23. The van der Waals surface area contributed by atoms with E-state index in [0.29, 0.717) is 12.5 Å². The van der Waals surface area contributed by atoms with Crippen LogP contribution in [0.3, 0.4) is 0 Å². The van der Waals surface area contributed by atoms with E-state index in [9.17, 15) is 5.11 Å². The minimum Gasteiger partial charge on any atom is -0.487 e. The molecule has 0 saturated carbocycles. The average Bonchev–Trinajstić information content (AvgIpc) is 2.46. The van der Waals surface area contributed by atoms with Crippen molar-refractivity contribution in [2.75, 3.05) is 0 Å². The van der Waals surface area contributed by atoms with E-state index in [-0.39, 0.29) is 6.61 Å². The van der Waals surface area contributed by atoms with Gasteiger partial charge in [0.2, 0.25) is 0 Å². The minimum atomic E-state index is 0.00808. The van der Waals surface area contributed by atoms with Crippen molar-refractivity contribution in [1.29, 1.82) is 0 Å². The van der Waals surface area contributed by atoms with Gasteiger partial charge in [0.05, 0.1) is 15.6 Å². The standard InChI is InChI=1S/C17H18Br2O2/c1-11(2)14-5-3-12(4-6-14)10-21-17-15(18)7-13(9-20)8-16(17)19/h3-8,11,20H,9-10H2,1-2H3. The summed E-state index contributed by atoms with van der Waals surface area (Å²) in [5, 5.41) is 9.17. The zero-order chi connectivity index (χ0) is 15.4. The van der Waals surface area contributed by atoms with E-state index < -0.39 is 0 Å². The van der Waals surface area contributed by atoms with E-state index in [1.807, 2.05) is 12.1 Å². The third-order valence-electron chi connectivity index (χ3n) is 3.27. The van der Waals surface area contributed by atoms with Gasteiger partial charge in [0.15, 0.2) is 0 Å². The Kier molecular flexibility index (Phi) is 5.85. The van der Waals surface area contributed by atoms with Crippen LogP contribution in [0.2, 0.25) is 0 Å². The molecule has 0 spiro atoms. The first-order valence-electron chi connectivity index (χ1n) is 6.81. The Labute approximate surface area is 142 Å². The third-order valence-corrected chi connectivity index (χ3v) is 4.45. The fourth-order valence-corrected chi connectivity index (χ4v) is 3.51. The molecular weight excluding hydrogens is 396 g/mol. The number of ether oxygens (including phenoxy) is 1. The van der Waals surface area contributed by atoms with E-state index in [1.54, 1.807) is 0 Å². The predicted octanol–water partition coefficient (Wildman–Crippen LogP) is 5.41. The van der Waals surface area contributed by atoms with E-state index in [1.165, 1.54) is 5.56 Å². The van der Waals surface area contributed by atoms with Gasteiger partial charge in [-0.3, -0.25) is 0 Å². The molecule has 0 amide bonds. The van der Waals surface area contributed by atoms with Crippen molar-refractivity contribution in [3.63, 3.8) is 0 Å². The molecule has 2 aromatic rings. The molecule has 112 valence electrons. The zero-order valence-corrected chi connectivity index (χ0v) is 15.2. The molecule has 0 atom stereocenters. The second kappa shape index (κ2) is 7.43. The Morgan fingerprint density at radius 3 is 2.05 bits per heavy atom. The summed E-state index contributed by atoms with van der Waals surface area (Å²) in [5.74, 6) is 1.29. The minimum absolute atomic E-state index is 0.00808. The molecule has 0 fully saturated rings. The van der Waals surface area contributed by atoms with Gasteiger partial charge in [-0.1, -0.05) is 38.1 Å². The number of halogens is 2.